The molecule has 1 aliphatic rings. The van der Waals surface area contributed by atoms with Crippen LogP contribution in [0.15, 0.2) is 91.0 Å². The van der Waals surface area contributed by atoms with Crippen LogP contribution in [0.1, 0.15) is 15.9 Å². The first-order chi connectivity index (χ1) is 21.9. The fraction of sp³-hybridized carbons (Fsp3) is 0.200. The zero-order chi connectivity index (χ0) is 31.3. The molecule has 0 aliphatic carbocycles. The number of aliphatic hydroxyl groups excluding tert-OH is 1. The van der Waals surface area contributed by atoms with E-state index in [-0.39, 0.29) is 12.5 Å². The lowest BCUT2D eigenvalue weighted by Gasteiger charge is -2.29. The first-order valence-corrected chi connectivity index (χ1v) is 14.7. The third kappa shape index (κ3) is 6.77. The van der Waals surface area contributed by atoms with Crippen molar-refractivity contribution in [2.24, 2.45) is 0 Å². The fourth-order valence-corrected chi connectivity index (χ4v) is 5.24. The minimum Gasteiger partial charge on any atom is -0.392 e. The molecule has 0 spiro atoms. The van der Waals surface area contributed by atoms with Gasteiger partial charge in [0.05, 0.1) is 25.3 Å². The summed E-state index contributed by atoms with van der Waals surface area (Å²) in [5, 5.41) is 16.2. The third-order valence-electron chi connectivity index (χ3n) is 7.63. The molecule has 1 aliphatic heterocycles. The Morgan fingerprint density at radius 2 is 1.47 bits per heavy atom. The van der Waals surface area contributed by atoms with Gasteiger partial charge in [-0.1, -0.05) is 24.3 Å². The van der Waals surface area contributed by atoms with E-state index in [9.17, 15) is 14.7 Å². The van der Waals surface area contributed by atoms with E-state index in [1.165, 1.54) is 4.90 Å². The Hall–Kier alpha value is -5.32. The van der Waals surface area contributed by atoms with Crippen LogP contribution in [0.25, 0.3) is 33.4 Å². The van der Waals surface area contributed by atoms with Crippen molar-refractivity contribution in [2.45, 2.75) is 6.61 Å². The normalized spacial score (nSPS) is 13.0. The van der Waals surface area contributed by atoms with Gasteiger partial charge in [0.25, 0.3) is 5.91 Å². The number of rotatable bonds is 7. The maximum Gasteiger partial charge on any atom is 0.323 e. The number of carbonyl (C=O) groups is 2. The highest BCUT2D eigenvalue weighted by Gasteiger charge is 2.19. The second-order valence-electron chi connectivity index (χ2n) is 11.0. The van der Waals surface area contributed by atoms with Gasteiger partial charge in [-0.15, -0.1) is 0 Å². The number of hydrogen-bond donors (Lipinski definition) is 3. The van der Waals surface area contributed by atoms with Gasteiger partial charge in [0.15, 0.2) is 5.82 Å². The smallest absolute Gasteiger partial charge is 0.323 e. The van der Waals surface area contributed by atoms with E-state index in [1.54, 1.807) is 38.4 Å². The Morgan fingerprint density at radius 1 is 0.822 bits per heavy atom. The number of fused-ring (bicyclic) bond motifs is 1. The van der Waals surface area contributed by atoms with Crippen molar-refractivity contribution in [2.75, 3.05) is 55.9 Å². The molecule has 10 nitrogen and oxygen atoms in total. The van der Waals surface area contributed by atoms with Gasteiger partial charge in [0, 0.05) is 55.1 Å². The monoisotopic (exact) mass is 602 g/mol. The highest BCUT2D eigenvalue weighted by Crippen LogP contribution is 2.32. The van der Waals surface area contributed by atoms with Gasteiger partial charge in [-0.25, -0.2) is 14.8 Å². The minimum atomic E-state index is -0.399. The number of hydrogen-bond acceptors (Lipinski definition) is 7. The van der Waals surface area contributed by atoms with E-state index in [4.69, 9.17) is 14.7 Å². The van der Waals surface area contributed by atoms with E-state index >= 15 is 0 Å². The highest BCUT2D eigenvalue weighted by atomic mass is 16.5. The SMILES string of the molecule is CN(C)C(=O)c1ccc(NC(=O)Nc2ccc(-c3nc(N4CCOCC4)c4ccc(-c5cccc(CO)c5)cc4n3)cc2)cc1. The van der Waals surface area contributed by atoms with Crippen molar-refractivity contribution in [3.8, 4) is 22.5 Å². The van der Waals surface area contributed by atoms with Gasteiger partial charge in [-0.05, 0) is 83.4 Å². The molecule has 1 aromatic heterocycles. The zero-order valence-corrected chi connectivity index (χ0v) is 25.2. The van der Waals surface area contributed by atoms with E-state index in [1.807, 2.05) is 48.5 Å². The number of aliphatic hydroxyl groups is 1. The number of aromatic nitrogens is 2. The number of nitrogens with one attached hydrogen (secondary N) is 2. The van der Waals surface area contributed by atoms with E-state index in [0.29, 0.717) is 36.0 Å². The highest BCUT2D eigenvalue weighted by molar-refractivity contribution is 6.00. The summed E-state index contributed by atoms with van der Waals surface area (Å²) >= 11 is 0. The average molecular weight is 603 g/mol. The molecule has 4 aromatic carbocycles. The number of morpholine rings is 1. The average Bonchev–Trinajstić information content (AvgIpc) is 3.08. The lowest BCUT2D eigenvalue weighted by molar-refractivity contribution is 0.0827. The summed E-state index contributed by atoms with van der Waals surface area (Å²) in [6.45, 7) is 2.71. The lowest BCUT2D eigenvalue weighted by Crippen LogP contribution is -2.37. The first kappa shape index (κ1) is 29.7. The van der Waals surface area contributed by atoms with Crippen molar-refractivity contribution in [3.63, 3.8) is 0 Å². The molecule has 2 heterocycles. The van der Waals surface area contributed by atoms with Crippen LogP contribution in [0, 0.1) is 0 Å². The van der Waals surface area contributed by atoms with Crippen molar-refractivity contribution < 1.29 is 19.4 Å². The Balaban J connectivity index is 1.25. The molecule has 10 heteroatoms. The van der Waals surface area contributed by atoms with Crippen LogP contribution in [-0.2, 0) is 11.3 Å². The van der Waals surface area contributed by atoms with Crippen LogP contribution in [0.2, 0.25) is 0 Å². The van der Waals surface area contributed by atoms with Crippen LogP contribution < -0.4 is 15.5 Å². The van der Waals surface area contributed by atoms with Gasteiger partial charge in [-0.2, -0.15) is 0 Å². The number of nitrogens with zero attached hydrogens (tertiary/aromatic N) is 4. The summed E-state index contributed by atoms with van der Waals surface area (Å²) in [5.74, 6) is 1.33. The number of amides is 3. The summed E-state index contributed by atoms with van der Waals surface area (Å²) < 4.78 is 5.59. The fourth-order valence-electron chi connectivity index (χ4n) is 5.24. The third-order valence-corrected chi connectivity index (χ3v) is 7.63. The van der Waals surface area contributed by atoms with Crippen LogP contribution in [0.3, 0.4) is 0 Å². The summed E-state index contributed by atoms with van der Waals surface area (Å²) in [6, 6.07) is 27.8. The molecule has 0 saturated carbocycles. The number of benzene rings is 4. The molecule has 6 rings (SSSR count). The van der Waals surface area contributed by atoms with Gasteiger partial charge in [-0.3, -0.25) is 4.79 Å². The van der Waals surface area contributed by atoms with Gasteiger partial charge >= 0.3 is 6.03 Å². The molecule has 1 fully saturated rings. The second kappa shape index (κ2) is 13.1. The van der Waals surface area contributed by atoms with Crippen molar-refractivity contribution in [3.05, 3.63) is 102 Å². The molecule has 0 atom stereocenters. The number of ether oxygens (including phenoxy) is 1. The molecule has 0 bridgehead atoms. The molecule has 0 radical (unpaired) electrons. The maximum absolute atomic E-state index is 12.7. The van der Waals surface area contributed by atoms with Crippen molar-refractivity contribution in [1.29, 1.82) is 0 Å². The topological polar surface area (TPSA) is 120 Å². The molecule has 1 saturated heterocycles. The molecule has 3 amide bonds. The Kier molecular flexibility index (Phi) is 8.68. The molecule has 0 unspecified atom stereocenters. The predicted molar refractivity (Wildman–Crippen MR) is 176 cm³/mol. The predicted octanol–water partition coefficient (Wildman–Crippen LogP) is 5.64. The lowest BCUT2D eigenvalue weighted by atomic mass is 10.0. The minimum absolute atomic E-state index is 0.0201. The molecular weight excluding hydrogens is 568 g/mol. The van der Waals surface area contributed by atoms with E-state index in [2.05, 4.69) is 33.7 Å². The van der Waals surface area contributed by atoms with E-state index < -0.39 is 6.03 Å². The Labute approximate surface area is 261 Å². The molecular formula is C35H34N6O4. The van der Waals surface area contributed by atoms with Crippen LogP contribution >= 0.6 is 0 Å². The number of anilines is 3. The molecule has 45 heavy (non-hydrogen) atoms. The van der Waals surface area contributed by atoms with Gasteiger partial charge in [0.1, 0.15) is 5.82 Å². The summed E-state index contributed by atoms with van der Waals surface area (Å²) in [4.78, 5) is 38.5. The largest absolute Gasteiger partial charge is 0.392 e. The Bertz CT molecular complexity index is 1830. The van der Waals surface area contributed by atoms with Crippen LogP contribution in [0.4, 0.5) is 22.0 Å². The zero-order valence-electron chi connectivity index (χ0n) is 25.2. The molecule has 5 aromatic rings. The maximum atomic E-state index is 12.7. The number of urea groups is 1. The van der Waals surface area contributed by atoms with Gasteiger partial charge in [0.2, 0.25) is 0 Å². The quantitative estimate of drug-likeness (QED) is 0.221. The molecule has 3 N–H and O–H groups in total. The number of carbonyl (C=O) groups excluding carboxylic acids is 2. The van der Waals surface area contributed by atoms with Crippen molar-refractivity contribution >= 4 is 40.0 Å². The molecule has 228 valence electrons. The standard InChI is InChI=1S/C35H34N6O4/c1-40(2)34(43)25-8-13-29(14-9-25)37-35(44)36-28-11-6-24(7-12-28)32-38-31-21-27(26-5-3-4-23(20-26)22-42)10-15-30(31)33(39-32)41-16-18-45-19-17-41/h3-15,20-21,42H,16-19,22H2,1-2H3,(H2,36,37,44). The summed E-state index contributed by atoms with van der Waals surface area (Å²) in [5.41, 5.74) is 6.20. The van der Waals surface area contributed by atoms with E-state index in [0.717, 1.165) is 52.1 Å². The van der Waals surface area contributed by atoms with Crippen LogP contribution in [-0.4, -0.2) is 72.3 Å². The summed E-state index contributed by atoms with van der Waals surface area (Å²) in [7, 11) is 3.39. The van der Waals surface area contributed by atoms with Crippen LogP contribution in [0.5, 0.6) is 0 Å². The first-order valence-electron chi connectivity index (χ1n) is 14.7. The Morgan fingerprint density at radius 3 is 2.13 bits per heavy atom. The van der Waals surface area contributed by atoms with Crippen molar-refractivity contribution in [1.82, 2.24) is 14.9 Å². The summed E-state index contributed by atoms with van der Waals surface area (Å²) in [6.07, 6.45) is 0. The van der Waals surface area contributed by atoms with Gasteiger partial charge < -0.3 is 30.3 Å². The second-order valence-corrected chi connectivity index (χ2v) is 11.0.